The molecule has 0 saturated heterocycles. The van der Waals surface area contributed by atoms with Crippen molar-refractivity contribution < 1.29 is 0 Å². The summed E-state index contributed by atoms with van der Waals surface area (Å²) in [5.41, 5.74) is 13.8. The summed E-state index contributed by atoms with van der Waals surface area (Å²) in [6, 6.07) is 65.8. The van der Waals surface area contributed by atoms with E-state index in [1.54, 1.807) is 0 Å². The van der Waals surface area contributed by atoms with Crippen LogP contribution in [-0.2, 0) is 5.41 Å². The van der Waals surface area contributed by atoms with E-state index in [1.807, 2.05) is 0 Å². The summed E-state index contributed by atoms with van der Waals surface area (Å²) in [7, 11) is 0. The van der Waals surface area contributed by atoms with Crippen LogP contribution in [0.1, 0.15) is 51.4 Å². The number of hydrogen-bond acceptors (Lipinski definition) is 1. The highest BCUT2D eigenvalue weighted by molar-refractivity contribution is 5.76. The standard InChI is InChI=1S/C49H39N/c1-36-22-24-37(25-23-36)38-26-28-41(29-27-38)48-35-42(34-47(50-48)40-14-6-2-7-15-40)39-30-32-46(33-31-39)49(43-16-8-3-9-17-43,44-18-10-4-11-19-44)45-20-12-5-13-21-45/h2-28,30-35,41H,29H2,1H3. The monoisotopic (exact) mass is 641 g/mol. The zero-order chi connectivity index (χ0) is 33.8. The molecule has 1 unspecified atom stereocenters. The van der Waals surface area contributed by atoms with Crippen LogP contribution in [0, 0.1) is 6.92 Å². The van der Waals surface area contributed by atoms with Gasteiger partial charge in [-0.3, -0.25) is 4.98 Å². The highest BCUT2D eigenvalue weighted by Gasteiger charge is 2.38. The van der Waals surface area contributed by atoms with E-state index < -0.39 is 5.41 Å². The van der Waals surface area contributed by atoms with Crippen molar-refractivity contribution >= 4 is 5.57 Å². The Morgan fingerprint density at radius 1 is 0.480 bits per heavy atom. The van der Waals surface area contributed by atoms with Gasteiger partial charge in [-0.05, 0) is 70.0 Å². The fourth-order valence-corrected chi connectivity index (χ4v) is 7.44. The molecule has 240 valence electrons. The van der Waals surface area contributed by atoms with Crippen molar-refractivity contribution in [3.8, 4) is 22.4 Å². The van der Waals surface area contributed by atoms with Gasteiger partial charge in [0.25, 0.3) is 0 Å². The van der Waals surface area contributed by atoms with Gasteiger partial charge in [-0.25, -0.2) is 0 Å². The largest absolute Gasteiger partial charge is 0.252 e. The summed E-state index contributed by atoms with van der Waals surface area (Å²) in [6.45, 7) is 2.13. The van der Waals surface area contributed by atoms with Gasteiger partial charge in [0.05, 0.1) is 11.1 Å². The van der Waals surface area contributed by atoms with E-state index in [-0.39, 0.29) is 5.92 Å². The normalized spacial score (nSPS) is 14.3. The van der Waals surface area contributed by atoms with E-state index in [1.165, 1.54) is 50.1 Å². The summed E-state index contributed by atoms with van der Waals surface area (Å²) in [5.74, 6) is 0.202. The molecule has 0 amide bonds. The predicted molar refractivity (Wildman–Crippen MR) is 209 cm³/mol. The first-order chi connectivity index (χ1) is 24.7. The fourth-order valence-electron chi connectivity index (χ4n) is 7.44. The van der Waals surface area contributed by atoms with Gasteiger partial charge in [0, 0.05) is 17.2 Å². The van der Waals surface area contributed by atoms with Crippen LogP contribution in [0.5, 0.6) is 0 Å². The zero-order valence-electron chi connectivity index (χ0n) is 28.3. The Morgan fingerprint density at radius 2 is 0.980 bits per heavy atom. The van der Waals surface area contributed by atoms with Gasteiger partial charge in [-0.15, -0.1) is 0 Å². The van der Waals surface area contributed by atoms with Crippen molar-refractivity contribution in [2.24, 2.45) is 0 Å². The fraction of sp³-hybridized carbons (Fsp3) is 0.0816. The van der Waals surface area contributed by atoms with E-state index in [0.717, 1.165) is 23.4 Å². The molecular weight excluding hydrogens is 603 g/mol. The van der Waals surface area contributed by atoms with Gasteiger partial charge in [-0.2, -0.15) is 0 Å². The van der Waals surface area contributed by atoms with Crippen molar-refractivity contribution in [2.75, 3.05) is 0 Å². The van der Waals surface area contributed by atoms with Gasteiger partial charge >= 0.3 is 0 Å². The molecule has 1 heteroatoms. The minimum Gasteiger partial charge on any atom is -0.252 e. The number of hydrogen-bond donors (Lipinski definition) is 0. The maximum absolute atomic E-state index is 5.26. The third-order valence-electron chi connectivity index (χ3n) is 10.1. The molecule has 50 heavy (non-hydrogen) atoms. The van der Waals surface area contributed by atoms with Crippen LogP contribution in [0.3, 0.4) is 0 Å². The quantitative estimate of drug-likeness (QED) is 0.150. The van der Waals surface area contributed by atoms with E-state index >= 15 is 0 Å². The number of rotatable bonds is 8. The minimum absolute atomic E-state index is 0.202. The molecule has 6 aromatic carbocycles. The zero-order valence-corrected chi connectivity index (χ0v) is 28.3. The van der Waals surface area contributed by atoms with E-state index in [4.69, 9.17) is 4.98 Å². The van der Waals surface area contributed by atoms with Gasteiger partial charge in [0.15, 0.2) is 0 Å². The van der Waals surface area contributed by atoms with Crippen LogP contribution in [0.15, 0.2) is 200 Å². The molecule has 1 aliphatic rings. The van der Waals surface area contributed by atoms with Crippen molar-refractivity contribution in [3.05, 3.63) is 239 Å². The van der Waals surface area contributed by atoms with Crippen molar-refractivity contribution in [2.45, 2.75) is 24.7 Å². The SMILES string of the molecule is Cc1ccc(C2=CCC(c3cc(-c4ccc(C(c5ccccc5)(c5ccccc5)c5ccccc5)cc4)cc(-c4ccccc4)n3)C=C2)cc1. The summed E-state index contributed by atoms with van der Waals surface area (Å²) < 4.78 is 0. The molecule has 0 bridgehead atoms. The molecule has 0 saturated carbocycles. The summed E-state index contributed by atoms with van der Waals surface area (Å²) in [6.07, 6.45) is 7.86. The summed E-state index contributed by atoms with van der Waals surface area (Å²) >= 11 is 0. The number of aryl methyl sites for hydroxylation is 1. The third kappa shape index (κ3) is 6.04. The van der Waals surface area contributed by atoms with Crippen molar-refractivity contribution in [3.63, 3.8) is 0 Å². The first-order valence-electron chi connectivity index (χ1n) is 17.5. The molecule has 0 fully saturated rings. The molecule has 0 spiro atoms. The molecule has 0 aliphatic heterocycles. The highest BCUT2D eigenvalue weighted by atomic mass is 14.7. The molecule has 1 aromatic heterocycles. The summed E-state index contributed by atoms with van der Waals surface area (Å²) in [5, 5.41) is 0. The van der Waals surface area contributed by atoms with Crippen LogP contribution in [-0.4, -0.2) is 4.98 Å². The van der Waals surface area contributed by atoms with E-state index in [2.05, 4.69) is 207 Å². The second kappa shape index (κ2) is 13.8. The number of benzene rings is 6. The van der Waals surface area contributed by atoms with Crippen molar-refractivity contribution in [1.29, 1.82) is 0 Å². The van der Waals surface area contributed by atoms with Crippen molar-refractivity contribution in [1.82, 2.24) is 4.98 Å². The Bertz CT molecular complexity index is 2150. The molecule has 0 N–H and O–H groups in total. The average molecular weight is 642 g/mol. The maximum atomic E-state index is 5.26. The van der Waals surface area contributed by atoms with Crippen LogP contribution < -0.4 is 0 Å². The molecule has 1 aliphatic carbocycles. The van der Waals surface area contributed by atoms with Crippen LogP contribution in [0.25, 0.3) is 28.0 Å². The van der Waals surface area contributed by atoms with Gasteiger partial charge in [0.2, 0.25) is 0 Å². The van der Waals surface area contributed by atoms with Gasteiger partial charge in [-0.1, -0.05) is 194 Å². The second-order valence-corrected chi connectivity index (χ2v) is 13.2. The molecule has 0 radical (unpaired) electrons. The Kier molecular flexibility index (Phi) is 8.63. The van der Waals surface area contributed by atoms with E-state index in [9.17, 15) is 0 Å². The topological polar surface area (TPSA) is 12.9 Å². The number of aromatic nitrogens is 1. The Hall–Kier alpha value is -6.05. The summed E-state index contributed by atoms with van der Waals surface area (Å²) in [4.78, 5) is 5.26. The van der Waals surface area contributed by atoms with Gasteiger partial charge < -0.3 is 0 Å². The maximum Gasteiger partial charge on any atom is 0.0711 e. The van der Waals surface area contributed by atoms with Gasteiger partial charge in [0.1, 0.15) is 0 Å². The first-order valence-corrected chi connectivity index (χ1v) is 17.5. The lowest BCUT2D eigenvalue weighted by atomic mass is 9.65. The van der Waals surface area contributed by atoms with Crippen LogP contribution in [0.4, 0.5) is 0 Å². The first kappa shape index (κ1) is 31.2. The molecule has 8 rings (SSSR count). The molecule has 1 nitrogen and oxygen atoms in total. The molecule has 1 heterocycles. The Labute approximate surface area is 296 Å². The van der Waals surface area contributed by atoms with Crippen LogP contribution in [0.2, 0.25) is 0 Å². The predicted octanol–water partition coefficient (Wildman–Crippen LogP) is 12.2. The lowest BCUT2D eigenvalue weighted by Gasteiger charge is -2.37. The smallest absolute Gasteiger partial charge is 0.0711 e. The second-order valence-electron chi connectivity index (χ2n) is 13.2. The van der Waals surface area contributed by atoms with Crippen LogP contribution >= 0.6 is 0 Å². The molecular formula is C49H39N. The number of nitrogens with zero attached hydrogens (tertiary/aromatic N) is 1. The average Bonchev–Trinajstić information content (AvgIpc) is 3.20. The number of allylic oxidation sites excluding steroid dienone is 4. The Balaban J connectivity index is 1.22. The minimum atomic E-state index is -0.477. The lowest BCUT2D eigenvalue weighted by Crippen LogP contribution is -2.30. The van der Waals surface area contributed by atoms with E-state index in [0.29, 0.717) is 0 Å². The molecule has 7 aromatic rings. The third-order valence-corrected chi connectivity index (χ3v) is 10.1. The highest BCUT2D eigenvalue weighted by Crippen LogP contribution is 2.45. The Morgan fingerprint density at radius 3 is 1.50 bits per heavy atom. The molecule has 1 atom stereocenters. The number of pyridine rings is 1. The lowest BCUT2D eigenvalue weighted by molar-refractivity contribution is 0.745.